The van der Waals surface area contributed by atoms with E-state index in [9.17, 15) is 0 Å². The fourth-order valence-electron chi connectivity index (χ4n) is 3.12. The summed E-state index contributed by atoms with van der Waals surface area (Å²) in [4.78, 5) is 0. The van der Waals surface area contributed by atoms with E-state index in [4.69, 9.17) is 4.74 Å². The molecule has 0 saturated carbocycles. The molecule has 0 bridgehead atoms. The van der Waals surface area contributed by atoms with Crippen molar-refractivity contribution in [1.82, 2.24) is 5.32 Å². The van der Waals surface area contributed by atoms with Crippen molar-refractivity contribution in [1.29, 1.82) is 0 Å². The first-order valence-corrected chi connectivity index (χ1v) is 6.58. The van der Waals surface area contributed by atoms with Crippen molar-refractivity contribution in [3.8, 4) is 0 Å². The Morgan fingerprint density at radius 1 is 1.29 bits per heavy atom. The molecule has 0 aliphatic carbocycles. The Labute approximate surface area is 103 Å². The first-order valence-electron chi connectivity index (χ1n) is 6.58. The van der Waals surface area contributed by atoms with E-state index in [1.54, 1.807) is 0 Å². The molecule has 3 rings (SSSR count). The molecular weight excluding hydrogens is 210 g/mol. The Kier molecular flexibility index (Phi) is 2.72. The number of rotatable bonds is 1. The van der Waals surface area contributed by atoms with Crippen LogP contribution in [-0.2, 0) is 11.2 Å². The van der Waals surface area contributed by atoms with Gasteiger partial charge in [-0.1, -0.05) is 38.1 Å². The zero-order valence-corrected chi connectivity index (χ0v) is 10.7. The summed E-state index contributed by atoms with van der Waals surface area (Å²) in [6.45, 7) is 6.61. The van der Waals surface area contributed by atoms with Crippen molar-refractivity contribution in [2.24, 2.45) is 5.41 Å². The smallest absolute Gasteiger partial charge is 0.0980 e. The van der Waals surface area contributed by atoms with Crippen LogP contribution in [0.3, 0.4) is 0 Å². The van der Waals surface area contributed by atoms with Crippen LogP contribution in [0.4, 0.5) is 0 Å². The molecule has 0 unspecified atom stereocenters. The highest BCUT2D eigenvalue weighted by molar-refractivity contribution is 5.32. The van der Waals surface area contributed by atoms with Gasteiger partial charge in [-0.05, 0) is 29.4 Å². The van der Waals surface area contributed by atoms with Crippen LogP contribution >= 0.6 is 0 Å². The van der Waals surface area contributed by atoms with Crippen LogP contribution in [0.15, 0.2) is 24.3 Å². The van der Waals surface area contributed by atoms with Gasteiger partial charge in [-0.3, -0.25) is 0 Å². The zero-order valence-electron chi connectivity index (χ0n) is 10.7. The second-order valence-corrected chi connectivity index (χ2v) is 6.10. The molecule has 1 saturated heterocycles. The summed E-state index contributed by atoms with van der Waals surface area (Å²) in [5.74, 6) is 0. The number of hydrogen-bond donors (Lipinski definition) is 1. The molecule has 2 atom stereocenters. The summed E-state index contributed by atoms with van der Waals surface area (Å²) < 4.78 is 6.02. The molecule has 2 heteroatoms. The third-order valence-corrected chi connectivity index (χ3v) is 4.01. The van der Waals surface area contributed by atoms with Crippen LogP contribution in [0.2, 0.25) is 0 Å². The minimum Gasteiger partial charge on any atom is -0.372 e. The maximum absolute atomic E-state index is 6.02. The van der Waals surface area contributed by atoms with Crippen molar-refractivity contribution >= 4 is 0 Å². The SMILES string of the molecule is CC1(C)CN[C@H]([C@H]2OCCc3ccccc32)C1. The van der Waals surface area contributed by atoms with Crippen molar-refractivity contribution in [3.05, 3.63) is 35.4 Å². The molecule has 17 heavy (non-hydrogen) atoms. The van der Waals surface area contributed by atoms with Crippen LogP contribution in [0.5, 0.6) is 0 Å². The van der Waals surface area contributed by atoms with Crippen LogP contribution < -0.4 is 5.32 Å². The van der Waals surface area contributed by atoms with E-state index < -0.39 is 0 Å². The lowest BCUT2D eigenvalue weighted by Crippen LogP contribution is -2.33. The van der Waals surface area contributed by atoms with E-state index in [1.165, 1.54) is 17.5 Å². The van der Waals surface area contributed by atoms with Gasteiger partial charge in [0.25, 0.3) is 0 Å². The summed E-state index contributed by atoms with van der Waals surface area (Å²) in [6, 6.07) is 9.21. The Balaban J connectivity index is 1.86. The van der Waals surface area contributed by atoms with Gasteiger partial charge < -0.3 is 10.1 Å². The van der Waals surface area contributed by atoms with Gasteiger partial charge in [-0.2, -0.15) is 0 Å². The van der Waals surface area contributed by atoms with Gasteiger partial charge in [-0.15, -0.1) is 0 Å². The summed E-state index contributed by atoms with van der Waals surface area (Å²) in [5.41, 5.74) is 3.27. The maximum atomic E-state index is 6.02. The van der Waals surface area contributed by atoms with Gasteiger partial charge in [0.1, 0.15) is 0 Å². The zero-order chi connectivity index (χ0) is 11.9. The van der Waals surface area contributed by atoms with Crippen molar-refractivity contribution in [2.75, 3.05) is 13.2 Å². The number of hydrogen-bond acceptors (Lipinski definition) is 2. The molecule has 0 amide bonds. The minimum atomic E-state index is 0.252. The summed E-state index contributed by atoms with van der Waals surface area (Å²) in [5, 5.41) is 3.63. The minimum absolute atomic E-state index is 0.252. The van der Waals surface area contributed by atoms with Gasteiger partial charge in [-0.25, -0.2) is 0 Å². The molecule has 92 valence electrons. The Morgan fingerprint density at radius 3 is 2.88 bits per heavy atom. The molecule has 1 fully saturated rings. The lowest BCUT2D eigenvalue weighted by molar-refractivity contribution is 0.0181. The number of ether oxygens (including phenoxy) is 1. The van der Waals surface area contributed by atoms with Crippen molar-refractivity contribution in [3.63, 3.8) is 0 Å². The second-order valence-electron chi connectivity index (χ2n) is 6.10. The van der Waals surface area contributed by atoms with E-state index >= 15 is 0 Å². The highest BCUT2D eigenvalue weighted by Crippen LogP contribution is 2.37. The summed E-state index contributed by atoms with van der Waals surface area (Å²) >= 11 is 0. The predicted octanol–water partition coefficient (Wildman–Crippen LogP) is 2.69. The predicted molar refractivity (Wildman–Crippen MR) is 69.0 cm³/mol. The highest BCUT2D eigenvalue weighted by atomic mass is 16.5. The lowest BCUT2D eigenvalue weighted by Gasteiger charge is -2.31. The van der Waals surface area contributed by atoms with Crippen molar-refractivity contribution in [2.45, 2.75) is 38.8 Å². The molecular formula is C15H21NO. The van der Waals surface area contributed by atoms with Gasteiger partial charge in [0, 0.05) is 12.6 Å². The standard InChI is InChI=1S/C15H21NO/c1-15(2)9-13(16-10-15)14-12-6-4-3-5-11(12)7-8-17-14/h3-6,13-14,16H,7-10H2,1-2H3/t13-,14-/m0/s1. The molecule has 2 aliphatic heterocycles. The van der Waals surface area contributed by atoms with Gasteiger partial charge >= 0.3 is 0 Å². The van der Waals surface area contributed by atoms with Crippen LogP contribution in [0, 0.1) is 5.41 Å². The van der Waals surface area contributed by atoms with E-state index in [-0.39, 0.29) is 6.10 Å². The lowest BCUT2D eigenvalue weighted by atomic mass is 9.86. The number of benzene rings is 1. The Hall–Kier alpha value is -0.860. The normalized spacial score (nSPS) is 31.2. The second kappa shape index (κ2) is 4.11. The quantitative estimate of drug-likeness (QED) is 0.802. The molecule has 0 aromatic heterocycles. The first-order chi connectivity index (χ1) is 8.16. The molecule has 0 spiro atoms. The molecule has 0 radical (unpaired) electrons. The summed E-state index contributed by atoms with van der Waals surface area (Å²) in [7, 11) is 0. The molecule has 2 heterocycles. The van der Waals surface area contributed by atoms with Crippen LogP contribution in [0.1, 0.15) is 37.5 Å². The Bertz CT molecular complexity index is 413. The average Bonchev–Trinajstić information content (AvgIpc) is 2.69. The van der Waals surface area contributed by atoms with E-state index in [2.05, 4.69) is 43.4 Å². The third-order valence-electron chi connectivity index (χ3n) is 4.01. The topological polar surface area (TPSA) is 21.3 Å². The van der Waals surface area contributed by atoms with E-state index in [1.807, 2.05) is 0 Å². The van der Waals surface area contributed by atoms with Crippen LogP contribution in [-0.4, -0.2) is 19.2 Å². The number of nitrogens with one attached hydrogen (secondary N) is 1. The van der Waals surface area contributed by atoms with Gasteiger partial charge in [0.2, 0.25) is 0 Å². The summed E-state index contributed by atoms with van der Waals surface area (Å²) in [6.07, 6.45) is 2.51. The maximum Gasteiger partial charge on any atom is 0.0980 e. The Morgan fingerprint density at radius 2 is 2.12 bits per heavy atom. The average molecular weight is 231 g/mol. The first kappa shape index (κ1) is 11.2. The molecule has 2 aliphatic rings. The van der Waals surface area contributed by atoms with Crippen LogP contribution in [0.25, 0.3) is 0 Å². The van der Waals surface area contributed by atoms with E-state index in [0.717, 1.165) is 19.6 Å². The monoisotopic (exact) mass is 231 g/mol. The number of fused-ring (bicyclic) bond motifs is 1. The van der Waals surface area contributed by atoms with E-state index in [0.29, 0.717) is 11.5 Å². The molecule has 1 aromatic rings. The fraction of sp³-hybridized carbons (Fsp3) is 0.600. The molecule has 2 nitrogen and oxygen atoms in total. The van der Waals surface area contributed by atoms with Crippen molar-refractivity contribution < 1.29 is 4.74 Å². The van der Waals surface area contributed by atoms with Gasteiger partial charge in [0.15, 0.2) is 0 Å². The molecule has 1 aromatic carbocycles. The fourth-order valence-corrected chi connectivity index (χ4v) is 3.12. The molecule has 1 N–H and O–H groups in total. The van der Waals surface area contributed by atoms with Gasteiger partial charge in [0.05, 0.1) is 12.7 Å². The largest absolute Gasteiger partial charge is 0.372 e. The highest BCUT2D eigenvalue weighted by Gasteiger charge is 2.37. The third kappa shape index (κ3) is 2.12.